The maximum Gasteiger partial charge on any atom is 0.109 e. The molecule has 62 valence electrons. The third kappa shape index (κ3) is 1.10. The second-order valence-corrected chi connectivity index (χ2v) is 3.02. The van der Waals surface area contributed by atoms with Gasteiger partial charge in [-0.05, 0) is 12.1 Å². The number of furan rings is 1. The summed E-state index contributed by atoms with van der Waals surface area (Å²) in [5.41, 5.74) is 0. The zero-order valence-corrected chi connectivity index (χ0v) is 6.66. The quantitative estimate of drug-likeness (QED) is 0.672. The van der Waals surface area contributed by atoms with Crippen LogP contribution in [0.5, 0.6) is 0 Å². The van der Waals surface area contributed by atoms with Gasteiger partial charge < -0.3 is 9.73 Å². The van der Waals surface area contributed by atoms with E-state index in [1.165, 1.54) is 0 Å². The number of rotatable bonds is 1. The molecule has 3 nitrogen and oxygen atoms in total. The van der Waals surface area contributed by atoms with Crippen LogP contribution in [0, 0.1) is 17.2 Å². The van der Waals surface area contributed by atoms with E-state index in [0.717, 1.165) is 18.8 Å². The number of nitrogens with zero attached hydrogens (tertiary/aromatic N) is 1. The smallest absolute Gasteiger partial charge is 0.109 e. The van der Waals surface area contributed by atoms with Gasteiger partial charge in [-0.25, -0.2) is 0 Å². The monoisotopic (exact) mass is 162 g/mol. The first-order chi connectivity index (χ1) is 5.92. The molecule has 2 atom stereocenters. The molecule has 0 aromatic carbocycles. The van der Waals surface area contributed by atoms with E-state index in [1.54, 1.807) is 6.26 Å². The summed E-state index contributed by atoms with van der Waals surface area (Å²) in [6.45, 7) is 1.63. The van der Waals surface area contributed by atoms with E-state index in [1.807, 2.05) is 12.1 Å². The fourth-order valence-corrected chi connectivity index (χ4v) is 1.62. The lowest BCUT2D eigenvalue weighted by Crippen LogP contribution is -2.07. The molecule has 1 aliphatic rings. The molecule has 12 heavy (non-hydrogen) atoms. The molecule has 0 spiro atoms. The first-order valence-corrected chi connectivity index (χ1v) is 4.05. The third-order valence-corrected chi connectivity index (χ3v) is 2.29. The van der Waals surface area contributed by atoms with Crippen molar-refractivity contribution in [3.8, 4) is 6.07 Å². The van der Waals surface area contributed by atoms with Crippen LogP contribution in [0.15, 0.2) is 22.8 Å². The summed E-state index contributed by atoms with van der Waals surface area (Å²) in [6, 6.07) is 6.08. The second kappa shape index (κ2) is 3.00. The number of hydrogen-bond donors (Lipinski definition) is 1. The van der Waals surface area contributed by atoms with Crippen molar-refractivity contribution < 1.29 is 4.42 Å². The average molecular weight is 162 g/mol. The molecule has 0 saturated carbocycles. The van der Waals surface area contributed by atoms with Gasteiger partial charge >= 0.3 is 0 Å². The van der Waals surface area contributed by atoms with Crippen molar-refractivity contribution in [2.45, 2.75) is 5.92 Å². The fraction of sp³-hybridized carbons (Fsp3) is 0.444. The maximum atomic E-state index is 8.80. The summed E-state index contributed by atoms with van der Waals surface area (Å²) in [5, 5.41) is 12.0. The van der Waals surface area contributed by atoms with Crippen LogP contribution in [0.1, 0.15) is 11.7 Å². The molecule has 2 rings (SSSR count). The van der Waals surface area contributed by atoms with Crippen LogP contribution in [0.3, 0.4) is 0 Å². The maximum absolute atomic E-state index is 8.80. The van der Waals surface area contributed by atoms with Crippen LogP contribution < -0.4 is 5.32 Å². The second-order valence-electron chi connectivity index (χ2n) is 3.02. The Bertz CT molecular complexity index is 286. The van der Waals surface area contributed by atoms with Gasteiger partial charge in [0.15, 0.2) is 0 Å². The zero-order chi connectivity index (χ0) is 8.39. The Morgan fingerprint density at radius 3 is 3.17 bits per heavy atom. The Balaban J connectivity index is 2.20. The molecule has 1 aliphatic heterocycles. The predicted octanol–water partition coefficient (Wildman–Crippen LogP) is 1.11. The van der Waals surface area contributed by atoms with Crippen LogP contribution in [0.4, 0.5) is 0 Å². The molecule has 1 saturated heterocycles. The van der Waals surface area contributed by atoms with Gasteiger partial charge in [-0.2, -0.15) is 5.26 Å². The van der Waals surface area contributed by atoms with Crippen molar-refractivity contribution in [3.63, 3.8) is 0 Å². The highest BCUT2D eigenvalue weighted by molar-refractivity contribution is 5.14. The molecule has 1 aromatic rings. The molecule has 0 unspecified atom stereocenters. The number of hydrogen-bond acceptors (Lipinski definition) is 3. The molecule has 0 bridgehead atoms. The average Bonchev–Trinajstić information content (AvgIpc) is 2.74. The van der Waals surface area contributed by atoms with Crippen LogP contribution >= 0.6 is 0 Å². The molecule has 0 radical (unpaired) electrons. The van der Waals surface area contributed by atoms with Crippen LogP contribution in [-0.4, -0.2) is 13.1 Å². The molecule has 3 heteroatoms. The van der Waals surface area contributed by atoms with E-state index < -0.39 is 0 Å². The fourth-order valence-electron chi connectivity index (χ4n) is 1.62. The summed E-state index contributed by atoms with van der Waals surface area (Å²) in [4.78, 5) is 0. The standard InChI is InChI=1S/C9H10N2O/c10-4-7-5-11-6-8(7)9-2-1-3-12-9/h1-3,7-8,11H,5-6H2/t7-,8+/m1/s1. The predicted molar refractivity (Wildman–Crippen MR) is 43.4 cm³/mol. The lowest BCUT2D eigenvalue weighted by molar-refractivity contribution is 0.451. The summed E-state index contributed by atoms with van der Waals surface area (Å²) < 4.78 is 5.26. The van der Waals surface area contributed by atoms with Gasteiger partial charge in [0.05, 0.1) is 18.3 Å². The Labute approximate surface area is 71.0 Å². The molecule has 0 amide bonds. The molecular weight excluding hydrogens is 152 g/mol. The van der Waals surface area contributed by atoms with Gasteiger partial charge in [-0.1, -0.05) is 0 Å². The van der Waals surface area contributed by atoms with Gasteiger partial charge in [0, 0.05) is 19.0 Å². The van der Waals surface area contributed by atoms with Crippen LogP contribution in [-0.2, 0) is 0 Å². The third-order valence-electron chi connectivity index (χ3n) is 2.29. The number of nitriles is 1. The molecule has 2 heterocycles. The minimum atomic E-state index is 0.0659. The summed E-state index contributed by atoms with van der Waals surface area (Å²) in [6.07, 6.45) is 1.65. The van der Waals surface area contributed by atoms with Gasteiger partial charge in [0.1, 0.15) is 5.76 Å². The van der Waals surface area contributed by atoms with Crippen molar-refractivity contribution in [2.24, 2.45) is 5.92 Å². The first kappa shape index (κ1) is 7.38. The lowest BCUT2D eigenvalue weighted by Gasteiger charge is -2.07. The molecule has 0 aliphatic carbocycles. The topological polar surface area (TPSA) is 49.0 Å². The highest BCUT2D eigenvalue weighted by Gasteiger charge is 2.29. The lowest BCUT2D eigenvalue weighted by atomic mass is 9.95. The van der Waals surface area contributed by atoms with Gasteiger partial charge in [-0.3, -0.25) is 0 Å². The highest BCUT2D eigenvalue weighted by atomic mass is 16.3. The number of nitrogens with one attached hydrogen (secondary N) is 1. The SMILES string of the molecule is N#C[C@@H]1CNC[C@@H]1c1ccco1. The molecular formula is C9H10N2O. The largest absolute Gasteiger partial charge is 0.469 e. The minimum absolute atomic E-state index is 0.0659. The Morgan fingerprint density at radius 2 is 2.50 bits per heavy atom. The Morgan fingerprint density at radius 1 is 1.58 bits per heavy atom. The van der Waals surface area contributed by atoms with Gasteiger partial charge in [0.2, 0.25) is 0 Å². The van der Waals surface area contributed by atoms with E-state index in [-0.39, 0.29) is 11.8 Å². The van der Waals surface area contributed by atoms with E-state index in [9.17, 15) is 0 Å². The van der Waals surface area contributed by atoms with Crippen LogP contribution in [0.25, 0.3) is 0 Å². The molecule has 1 N–H and O–H groups in total. The zero-order valence-electron chi connectivity index (χ0n) is 6.66. The van der Waals surface area contributed by atoms with E-state index >= 15 is 0 Å². The molecule has 1 fully saturated rings. The van der Waals surface area contributed by atoms with Gasteiger partial charge in [-0.15, -0.1) is 0 Å². The Hall–Kier alpha value is -1.27. The van der Waals surface area contributed by atoms with E-state index in [4.69, 9.17) is 9.68 Å². The van der Waals surface area contributed by atoms with E-state index in [2.05, 4.69) is 11.4 Å². The Kier molecular flexibility index (Phi) is 1.84. The van der Waals surface area contributed by atoms with Crippen LogP contribution in [0.2, 0.25) is 0 Å². The van der Waals surface area contributed by atoms with E-state index in [0.29, 0.717) is 0 Å². The molecule has 1 aromatic heterocycles. The normalized spacial score (nSPS) is 28.6. The van der Waals surface area contributed by atoms with Gasteiger partial charge in [0.25, 0.3) is 0 Å². The van der Waals surface area contributed by atoms with Crippen molar-refractivity contribution in [2.75, 3.05) is 13.1 Å². The minimum Gasteiger partial charge on any atom is -0.469 e. The van der Waals surface area contributed by atoms with Crippen molar-refractivity contribution in [1.29, 1.82) is 5.26 Å². The van der Waals surface area contributed by atoms with Crippen molar-refractivity contribution in [1.82, 2.24) is 5.32 Å². The summed E-state index contributed by atoms with van der Waals surface area (Å²) in [5.74, 6) is 1.23. The summed E-state index contributed by atoms with van der Waals surface area (Å²) in [7, 11) is 0. The van der Waals surface area contributed by atoms with Crippen molar-refractivity contribution in [3.05, 3.63) is 24.2 Å². The highest BCUT2D eigenvalue weighted by Crippen LogP contribution is 2.27. The first-order valence-electron chi connectivity index (χ1n) is 4.05. The summed E-state index contributed by atoms with van der Waals surface area (Å²) >= 11 is 0. The van der Waals surface area contributed by atoms with Crippen molar-refractivity contribution >= 4 is 0 Å².